The number of aliphatic hydroxyl groups excluding tert-OH is 1. The van der Waals surface area contributed by atoms with Crippen molar-refractivity contribution in [1.82, 2.24) is 9.80 Å². The van der Waals surface area contributed by atoms with Gasteiger partial charge >= 0.3 is 0 Å². The van der Waals surface area contributed by atoms with E-state index in [9.17, 15) is 19.5 Å². The van der Waals surface area contributed by atoms with Crippen molar-refractivity contribution in [3.8, 4) is 0 Å². The van der Waals surface area contributed by atoms with Gasteiger partial charge in [-0.05, 0) is 36.7 Å². The summed E-state index contributed by atoms with van der Waals surface area (Å²) in [5, 5.41) is 10.0. The third-order valence-electron chi connectivity index (χ3n) is 6.24. The molecule has 1 aromatic heterocycles. The first kappa shape index (κ1) is 19.4. The van der Waals surface area contributed by atoms with E-state index in [1.807, 2.05) is 4.90 Å². The zero-order valence-electron chi connectivity index (χ0n) is 16.5. The Morgan fingerprint density at radius 2 is 2.00 bits per heavy atom. The molecule has 3 aliphatic rings. The maximum atomic E-state index is 12.9. The van der Waals surface area contributed by atoms with Gasteiger partial charge in [0.15, 0.2) is 0 Å². The Morgan fingerprint density at radius 1 is 1.25 bits per heavy atom. The number of rotatable bonds is 5. The number of carbonyl (C=O) groups excluding carboxylic acids is 3. The van der Waals surface area contributed by atoms with Crippen molar-refractivity contribution in [3.05, 3.63) is 16.0 Å². The van der Waals surface area contributed by atoms with E-state index in [1.165, 1.54) is 34.0 Å². The van der Waals surface area contributed by atoms with E-state index in [-0.39, 0.29) is 37.4 Å². The minimum atomic E-state index is -0.187. The second-order valence-electron chi connectivity index (χ2n) is 8.49. The number of aliphatic hydroxyl groups is 1. The number of thiophene rings is 1. The highest BCUT2D eigenvalue weighted by Gasteiger charge is 2.39. The van der Waals surface area contributed by atoms with Crippen molar-refractivity contribution in [2.75, 3.05) is 38.2 Å². The average molecular weight is 406 g/mol. The minimum absolute atomic E-state index is 0.0123. The molecule has 0 saturated heterocycles. The van der Waals surface area contributed by atoms with Crippen LogP contribution in [0.15, 0.2) is 0 Å². The SMILES string of the molecule is CN1CC(=O)N(CCO)c2sc3c(c2C1=O)CCN(C(=O)CCC1(C)CC1)C3. The second-order valence-corrected chi connectivity index (χ2v) is 9.57. The smallest absolute Gasteiger partial charge is 0.257 e. The largest absolute Gasteiger partial charge is 0.395 e. The molecule has 0 bridgehead atoms. The molecular weight excluding hydrogens is 378 g/mol. The van der Waals surface area contributed by atoms with Gasteiger partial charge in [-0.1, -0.05) is 6.92 Å². The highest BCUT2D eigenvalue weighted by molar-refractivity contribution is 7.17. The Kier molecular flexibility index (Phi) is 4.95. The summed E-state index contributed by atoms with van der Waals surface area (Å²) in [5.74, 6) is -0.162. The first-order valence-corrected chi connectivity index (χ1v) is 10.7. The molecule has 0 aromatic carbocycles. The topological polar surface area (TPSA) is 81.2 Å². The fourth-order valence-corrected chi connectivity index (χ4v) is 5.43. The summed E-state index contributed by atoms with van der Waals surface area (Å²) in [4.78, 5) is 44.0. The minimum Gasteiger partial charge on any atom is -0.395 e. The molecular formula is C20H27N3O4S. The first-order valence-electron chi connectivity index (χ1n) is 9.92. The average Bonchev–Trinajstić information content (AvgIpc) is 3.30. The molecule has 2 aliphatic heterocycles. The van der Waals surface area contributed by atoms with Crippen LogP contribution in [0.4, 0.5) is 5.00 Å². The van der Waals surface area contributed by atoms with E-state index >= 15 is 0 Å². The van der Waals surface area contributed by atoms with Crippen LogP contribution in [0.1, 0.15) is 53.4 Å². The van der Waals surface area contributed by atoms with Crippen molar-refractivity contribution < 1.29 is 19.5 Å². The fourth-order valence-electron chi connectivity index (χ4n) is 4.03. The molecule has 1 aromatic rings. The molecule has 3 heterocycles. The number of hydrogen-bond donors (Lipinski definition) is 1. The molecule has 28 heavy (non-hydrogen) atoms. The zero-order chi connectivity index (χ0) is 20.1. The molecule has 8 heteroatoms. The van der Waals surface area contributed by atoms with Gasteiger partial charge in [-0.25, -0.2) is 0 Å². The zero-order valence-corrected chi connectivity index (χ0v) is 17.3. The van der Waals surface area contributed by atoms with Gasteiger partial charge in [-0.2, -0.15) is 0 Å². The Bertz CT molecular complexity index is 830. The number of fused-ring (bicyclic) bond motifs is 3. The molecule has 0 atom stereocenters. The van der Waals surface area contributed by atoms with Crippen LogP contribution in [0.5, 0.6) is 0 Å². The lowest BCUT2D eigenvalue weighted by Crippen LogP contribution is -2.39. The molecule has 1 aliphatic carbocycles. The molecule has 1 N–H and O–H groups in total. The Morgan fingerprint density at radius 3 is 2.68 bits per heavy atom. The van der Waals surface area contributed by atoms with E-state index in [2.05, 4.69) is 6.92 Å². The molecule has 0 spiro atoms. The summed E-state index contributed by atoms with van der Waals surface area (Å²) < 4.78 is 0. The van der Waals surface area contributed by atoms with Gasteiger partial charge in [-0.3, -0.25) is 19.3 Å². The van der Waals surface area contributed by atoms with Crippen LogP contribution in [0, 0.1) is 5.41 Å². The molecule has 0 unspecified atom stereocenters. The maximum Gasteiger partial charge on any atom is 0.257 e. The maximum absolute atomic E-state index is 12.9. The Labute approximate surface area is 168 Å². The van der Waals surface area contributed by atoms with Crippen LogP contribution >= 0.6 is 11.3 Å². The van der Waals surface area contributed by atoms with Crippen molar-refractivity contribution in [1.29, 1.82) is 0 Å². The highest BCUT2D eigenvalue weighted by Crippen LogP contribution is 2.49. The number of carbonyl (C=O) groups is 3. The quantitative estimate of drug-likeness (QED) is 0.807. The van der Waals surface area contributed by atoms with Gasteiger partial charge in [0.2, 0.25) is 11.8 Å². The number of hydrogen-bond acceptors (Lipinski definition) is 5. The predicted molar refractivity (Wildman–Crippen MR) is 106 cm³/mol. The van der Waals surface area contributed by atoms with Crippen molar-refractivity contribution in [2.24, 2.45) is 5.41 Å². The van der Waals surface area contributed by atoms with Crippen LogP contribution in [0.2, 0.25) is 0 Å². The summed E-state index contributed by atoms with van der Waals surface area (Å²) in [6, 6.07) is 0. The monoisotopic (exact) mass is 405 g/mol. The first-order chi connectivity index (χ1) is 13.3. The number of likely N-dealkylation sites (N-methyl/N-ethyl adjacent to an activating group) is 1. The van der Waals surface area contributed by atoms with Crippen LogP contribution < -0.4 is 4.90 Å². The number of nitrogens with zero attached hydrogens (tertiary/aromatic N) is 3. The lowest BCUT2D eigenvalue weighted by atomic mass is 9.99. The molecule has 1 saturated carbocycles. The standard InChI is InChI=1S/C20H27N3O4S/c1-20(6-7-20)5-3-15(25)22-8-4-13-14(11-22)28-19-17(13)18(27)21(2)12-16(26)23(19)9-10-24/h24H,3-12H2,1-2H3. The number of anilines is 1. The van der Waals surface area contributed by atoms with Gasteiger partial charge in [0.1, 0.15) is 11.5 Å². The second kappa shape index (κ2) is 7.15. The van der Waals surface area contributed by atoms with Gasteiger partial charge in [0.05, 0.1) is 18.7 Å². The van der Waals surface area contributed by atoms with Crippen molar-refractivity contribution in [3.63, 3.8) is 0 Å². The third kappa shape index (κ3) is 3.43. The Balaban J connectivity index is 1.59. The van der Waals surface area contributed by atoms with E-state index in [1.54, 1.807) is 7.05 Å². The lowest BCUT2D eigenvalue weighted by molar-refractivity contribution is -0.132. The van der Waals surface area contributed by atoms with E-state index in [0.29, 0.717) is 41.9 Å². The van der Waals surface area contributed by atoms with E-state index < -0.39 is 0 Å². The molecule has 7 nitrogen and oxygen atoms in total. The summed E-state index contributed by atoms with van der Waals surface area (Å²) >= 11 is 1.42. The number of amides is 3. The van der Waals surface area contributed by atoms with E-state index in [4.69, 9.17) is 0 Å². The van der Waals surface area contributed by atoms with Gasteiger partial charge < -0.3 is 14.9 Å². The lowest BCUT2D eigenvalue weighted by Gasteiger charge is -2.28. The van der Waals surface area contributed by atoms with Crippen LogP contribution in [-0.4, -0.2) is 65.9 Å². The fraction of sp³-hybridized carbons (Fsp3) is 0.650. The normalized spacial score (nSPS) is 20.8. The van der Waals surface area contributed by atoms with Gasteiger partial charge in [0.25, 0.3) is 5.91 Å². The highest BCUT2D eigenvalue weighted by atomic mass is 32.1. The van der Waals surface area contributed by atoms with Crippen molar-refractivity contribution >= 4 is 34.1 Å². The molecule has 4 rings (SSSR count). The summed E-state index contributed by atoms with van der Waals surface area (Å²) in [7, 11) is 1.63. The molecule has 0 radical (unpaired) electrons. The van der Waals surface area contributed by atoms with Crippen LogP contribution in [0.25, 0.3) is 0 Å². The molecule has 152 valence electrons. The van der Waals surface area contributed by atoms with Gasteiger partial charge in [-0.15, -0.1) is 11.3 Å². The molecule has 3 amide bonds. The number of β-amino-alcohol motifs (C(OH)–C–C–N with tert-alkyl or cyclic N) is 1. The summed E-state index contributed by atoms with van der Waals surface area (Å²) in [6.07, 6.45) is 4.58. The summed E-state index contributed by atoms with van der Waals surface area (Å²) in [6.45, 7) is 3.37. The van der Waals surface area contributed by atoms with Crippen LogP contribution in [-0.2, 0) is 22.6 Å². The predicted octanol–water partition coefficient (Wildman–Crippen LogP) is 1.62. The van der Waals surface area contributed by atoms with E-state index in [0.717, 1.165) is 16.9 Å². The third-order valence-corrected chi connectivity index (χ3v) is 7.48. The Hall–Kier alpha value is -1.93. The van der Waals surface area contributed by atoms with Crippen LogP contribution in [0.3, 0.4) is 0 Å². The molecule has 1 fully saturated rings. The van der Waals surface area contributed by atoms with Crippen molar-refractivity contribution in [2.45, 2.75) is 45.6 Å². The summed E-state index contributed by atoms with van der Waals surface area (Å²) in [5.41, 5.74) is 1.91. The van der Waals surface area contributed by atoms with Gasteiger partial charge in [0, 0.05) is 31.4 Å².